The van der Waals surface area contributed by atoms with Crippen molar-refractivity contribution in [2.45, 2.75) is 50.3 Å². The molecule has 5 nitrogen and oxygen atoms in total. The van der Waals surface area contributed by atoms with Crippen LogP contribution in [-0.2, 0) is 17.8 Å². The topological polar surface area (TPSA) is 52.4 Å². The highest BCUT2D eigenvalue weighted by atomic mass is 32.2. The number of rotatable bonds is 2. The highest BCUT2D eigenvalue weighted by Gasteiger charge is 2.34. The number of fused-ring (bicyclic) bond motifs is 5. The Kier molecular flexibility index (Phi) is 3.88. The van der Waals surface area contributed by atoms with Gasteiger partial charge in [0.25, 0.3) is 6.33 Å². The van der Waals surface area contributed by atoms with Crippen LogP contribution in [0.25, 0.3) is 20.4 Å². The molecule has 1 N–H and O–H groups in total. The van der Waals surface area contributed by atoms with Crippen LogP contribution in [0.3, 0.4) is 0 Å². The lowest BCUT2D eigenvalue weighted by Crippen LogP contribution is -2.33. The van der Waals surface area contributed by atoms with Gasteiger partial charge < -0.3 is 9.64 Å². The second-order valence-electron chi connectivity index (χ2n) is 7.71. The highest BCUT2D eigenvalue weighted by Crippen LogP contribution is 2.44. The molecule has 0 amide bonds. The van der Waals surface area contributed by atoms with E-state index in [0.717, 1.165) is 35.7 Å². The first-order valence-corrected chi connectivity index (χ1v) is 11.2. The Hall–Kier alpha value is -1.44. The summed E-state index contributed by atoms with van der Waals surface area (Å²) in [6.45, 7) is 7.20. The van der Waals surface area contributed by atoms with Gasteiger partial charge in [0.15, 0.2) is 5.03 Å². The normalized spacial score (nSPS) is 19.4. The van der Waals surface area contributed by atoms with Gasteiger partial charge in [-0.2, -0.15) is 0 Å². The molecule has 0 spiro atoms. The molecule has 136 valence electrons. The quantitative estimate of drug-likeness (QED) is 0.494. The predicted molar refractivity (Wildman–Crippen MR) is 107 cm³/mol. The van der Waals surface area contributed by atoms with Gasteiger partial charge in [-0.05, 0) is 43.5 Å². The van der Waals surface area contributed by atoms with Gasteiger partial charge in [-0.25, -0.2) is 9.97 Å². The molecule has 0 atom stereocenters. The fourth-order valence-corrected chi connectivity index (χ4v) is 6.02. The summed E-state index contributed by atoms with van der Waals surface area (Å²) in [5.74, 6) is 1.14. The van der Waals surface area contributed by atoms with Crippen LogP contribution < -0.4 is 9.88 Å². The Bertz CT molecular complexity index is 1010. The third kappa shape index (κ3) is 2.52. The summed E-state index contributed by atoms with van der Waals surface area (Å²) in [7, 11) is 0. The van der Waals surface area contributed by atoms with Gasteiger partial charge in [-0.1, -0.05) is 11.8 Å². The van der Waals surface area contributed by atoms with Gasteiger partial charge in [0.1, 0.15) is 15.3 Å². The lowest BCUT2D eigenvalue weighted by Gasteiger charge is -2.34. The van der Waals surface area contributed by atoms with Gasteiger partial charge >= 0.3 is 0 Å². The molecule has 7 heteroatoms. The van der Waals surface area contributed by atoms with Gasteiger partial charge in [0.2, 0.25) is 5.52 Å². The molecule has 2 aliphatic rings. The molecule has 0 radical (unpaired) electrons. The van der Waals surface area contributed by atoms with Crippen molar-refractivity contribution in [2.75, 3.05) is 24.2 Å². The summed E-state index contributed by atoms with van der Waals surface area (Å²) in [6.07, 6.45) is 7.32. The molecule has 1 saturated heterocycles. The molecule has 0 saturated carbocycles. The van der Waals surface area contributed by atoms with Crippen molar-refractivity contribution in [3.8, 4) is 0 Å². The Morgan fingerprint density at radius 2 is 2.08 bits per heavy atom. The van der Waals surface area contributed by atoms with Crippen molar-refractivity contribution in [1.29, 1.82) is 0 Å². The number of ether oxygens (including phenoxy) is 1. The van der Waals surface area contributed by atoms with E-state index in [9.17, 15) is 0 Å². The number of hydrogen-bond donors (Lipinski definition) is 0. The molecule has 3 aromatic rings. The average Bonchev–Trinajstić information content (AvgIpc) is 3.27. The van der Waals surface area contributed by atoms with Crippen LogP contribution in [0.4, 0.5) is 5.82 Å². The zero-order chi connectivity index (χ0) is 17.9. The van der Waals surface area contributed by atoms with Crippen LogP contribution in [0, 0.1) is 0 Å². The minimum Gasteiger partial charge on any atom is -0.370 e. The van der Waals surface area contributed by atoms with E-state index >= 15 is 0 Å². The van der Waals surface area contributed by atoms with Gasteiger partial charge in [-0.15, -0.1) is 11.3 Å². The zero-order valence-electron chi connectivity index (χ0n) is 15.4. The maximum absolute atomic E-state index is 6.18. The maximum Gasteiger partial charge on any atom is 0.285 e. The third-order valence-electron chi connectivity index (χ3n) is 5.42. The summed E-state index contributed by atoms with van der Waals surface area (Å²) in [6, 6.07) is 0. The number of nitrogens with one attached hydrogen (secondary N) is 1. The second kappa shape index (κ2) is 6.04. The molecule has 5 heterocycles. The first-order chi connectivity index (χ1) is 12.6. The zero-order valence-corrected chi connectivity index (χ0v) is 17.0. The van der Waals surface area contributed by atoms with E-state index in [1.807, 2.05) is 6.33 Å². The summed E-state index contributed by atoms with van der Waals surface area (Å²) in [5.41, 5.74) is 3.60. The molecule has 0 unspecified atom stereocenters. The molecule has 3 aromatic heterocycles. The maximum atomic E-state index is 6.18. The van der Waals surface area contributed by atoms with Crippen LogP contribution in [0.2, 0.25) is 0 Å². The number of thioether (sulfide) groups is 1. The highest BCUT2D eigenvalue weighted by molar-refractivity contribution is 7.98. The Labute approximate surface area is 161 Å². The van der Waals surface area contributed by atoms with Crippen molar-refractivity contribution < 1.29 is 9.72 Å². The van der Waals surface area contributed by atoms with Crippen LogP contribution in [0.15, 0.2) is 11.4 Å². The molecule has 0 aliphatic carbocycles. The van der Waals surface area contributed by atoms with E-state index < -0.39 is 0 Å². The first-order valence-electron chi connectivity index (χ1n) is 9.15. The van der Waals surface area contributed by atoms with Crippen molar-refractivity contribution >= 4 is 49.3 Å². The van der Waals surface area contributed by atoms with Crippen molar-refractivity contribution in [2.24, 2.45) is 0 Å². The van der Waals surface area contributed by atoms with E-state index in [4.69, 9.17) is 14.7 Å². The number of hydrogen-bond acceptors (Lipinski definition) is 6. The Morgan fingerprint density at radius 3 is 2.85 bits per heavy atom. The van der Waals surface area contributed by atoms with Crippen molar-refractivity contribution in [3.05, 3.63) is 17.5 Å². The summed E-state index contributed by atoms with van der Waals surface area (Å²) in [5, 5.41) is 2.41. The van der Waals surface area contributed by atoms with E-state index in [2.05, 4.69) is 30.0 Å². The number of nitrogens with zero attached hydrogens (tertiary/aromatic N) is 3. The van der Waals surface area contributed by atoms with Crippen molar-refractivity contribution in [3.63, 3.8) is 0 Å². The van der Waals surface area contributed by atoms with Crippen LogP contribution in [-0.4, -0.2) is 34.9 Å². The number of H-pyrrole nitrogens is 1. The smallest absolute Gasteiger partial charge is 0.285 e. The lowest BCUT2D eigenvalue weighted by molar-refractivity contribution is -0.427. The largest absolute Gasteiger partial charge is 0.370 e. The number of aromatic nitrogens is 3. The minimum atomic E-state index is -0.152. The predicted octanol–water partition coefficient (Wildman–Crippen LogP) is 3.83. The lowest BCUT2D eigenvalue weighted by atomic mass is 9.90. The molecule has 2 aliphatic heterocycles. The van der Waals surface area contributed by atoms with E-state index in [1.54, 1.807) is 23.1 Å². The van der Waals surface area contributed by atoms with Gasteiger partial charge in [0.05, 0.1) is 17.6 Å². The molecule has 26 heavy (non-hydrogen) atoms. The van der Waals surface area contributed by atoms with Crippen LogP contribution >= 0.6 is 23.1 Å². The molecular formula is C19H23N4OS2+. The molecule has 1 fully saturated rings. The SMILES string of the molecule is CSc1[nH+]cnc2c1sc1nc(N3CCCC3)c3c(c12)CC(C)(C)OC3. The summed E-state index contributed by atoms with van der Waals surface area (Å²) < 4.78 is 7.40. The minimum absolute atomic E-state index is 0.152. The van der Waals surface area contributed by atoms with Crippen LogP contribution in [0.1, 0.15) is 37.8 Å². The van der Waals surface area contributed by atoms with Crippen LogP contribution in [0.5, 0.6) is 0 Å². The van der Waals surface area contributed by atoms with E-state index in [0.29, 0.717) is 6.61 Å². The molecule has 5 rings (SSSR count). The van der Waals surface area contributed by atoms with Gasteiger partial charge in [0, 0.05) is 25.1 Å². The molecule has 0 aromatic carbocycles. The Balaban J connectivity index is 1.85. The summed E-state index contributed by atoms with van der Waals surface area (Å²) >= 11 is 3.50. The first kappa shape index (κ1) is 16.7. The monoisotopic (exact) mass is 387 g/mol. The number of thiophene rings is 1. The molecule has 0 bridgehead atoms. The fraction of sp³-hybridized carbons (Fsp3) is 0.526. The average molecular weight is 388 g/mol. The van der Waals surface area contributed by atoms with E-state index in [1.165, 1.54) is 39.1 Å². The van der Waals surface area contributed by atoms with Crippen molar-refractivity contribution in [1.82, 2.24) is 9.97 Å². The van der Waals surface area contributed by atoms with Gasteiger partial charge in [-0.3, -0.25) is 0 Å². The molecular weight excluding hydrogens is 364 g/mol. The number of pyridine rings is 1. The number of aromatic amines is 1. The second-order valence-corrected chi connectivity index (χ2v) is 9.52. The number of anilines is 1. The third-order valence-corrected chi connectivity index (χ3v) is 7.37. The summed E-state index contributed by atoms with van der Waals surface area (Å²) in [4.78, 5) is 16.7. The fourth-order valence-electron chi connectivity index (χ4n) is 4.14. The Morgan fingerprint density at radius 1 is 1.27 bits per heavy atom. The standard InChI is InChI=1S/C19H22N4OS2/c1-19(2)8-11-12(9-24-19)16(23-6-4-5-7-23)22-17-13(11)14-15(26-17)18(25-3)21-10-20-14/h10H,4-9H2,1-3H3/p+1. The van der Waals surface area contributed by atoms with E-state index in [-0.39, 0.29) is 5.60 Å².